The molecule has 4 nitrogen and oxygen atoms in total. The van der Waals surface area contributed by atoms with E-state index in [2.05, 4.69) is 0 Å². The fraction of sp³-hybridized carbons (Fsp3) is 0.296. The van der Waals surface area contributed by atoms with E-state index in [1.54, 1.807) is 25.1 Å². The fourth-order valence-corrected chi connectivity index (χ4v) is 5.11. The van der Waals surface area contributed by atoms with Crippen LogP contribution in [0, 0.1) is 17.5 Å². The number of halogens is 3. The highest BCUT2D eigenvalue weighted by Crippen LogP contribution is 2.46. The fourth-order valence-electron chi connectivity index (χ4n) is 4.23. The molecule has 3 aromatic rings. The van der Waals surface area contributed by atoms with E-state index >= 15 is 0 Å². The van der Waals surface area contributed by atoms with Crippen LogP contribution in [0.15, 0.2) is 65.6 Å². The minimum Gasteiger partial charge on any atom is -0.479 e. The number of ketones is 1. The van der Waals surface area contributed by atoms with Gasteiger partial charge in [0.15, 0.2) is 21.4 Å². The molecule has 0 atom stereocenters. The first-order valence-electron chi connectivity index (χ1n) is 11.4. The first kappa shape index (κ1) is 25.0. The van der Waals surface area contributed by atoms with Crippen molar-refractivity contribution in [1.82, 2.24) is 0 Å². The maximum absolute atomic E-state index is 14.8. The molecule has 0 aliphatic heterocycles. The highest BCUT2D eigenvalue weighted by molar-refractivity contribution is 7.91. The normalized spacial score (nSPS) is 14.9. The van der Waals surface area contributed by atoms with Crippen molar-refractivity contribution in [3.05, 3.63) is 94.8 Å². The molecular formula is C27H25F3O4S. The molecule has 1 aliphatic carbocycles. The Bertz CT molecular complexity index is 1350. The predicted octanol–water partition coefficient (Wildman–Crippen LogP) is 5.71. The Morgan fingerprint density at radius 3 is 2.11 bits per heavy atom. The Morgan fingerprint density at radius 1 is 0.886 bits per heavy atom. The smallest absolute Gasteiger partial charge is 0.178 e. The first-order valence-corrected chi connectivity index (χ1v) is 13.0. The van der Waals surface area contributed by atoms with Gasteiger partial charge in [-0.3, -0.25) is 4.79 Å². The van der Waals surface area contributed by atoms with Crippen molar-refractivity contribution in [2.24, 2.45) is 0 Å². The van der Waals surface area contributed by atoms with Gasteiger partial charge in [0.05, 0.1) is 10.6 Å². The number of carbonyl (C=O) groups is 1. The van der Waals surface area contributed by atoms with Crippen molar-refractivity contribution in [2.45, 2.75) is 49.5 Å². The quantitative estimate of drug-likeness (QED) is 0.376. The summed E-state index contributed by atoms with van der Waals surface area (Å²) in [6.45, 7) is 1.56. The van der Waals surface area contributed by atoms with Crippen LogP contribution >= 0.6 is 0 Å². The monoisotopic (exact) mass is 502 g/mol. The second kappa shape index (κ2) is 9.85. The Balaban J connectivity index is 1.43. The van der Waals surface area contributed by atoms with Gasteiger partial charge in [-0.05, 0) is 66.8 Å². The lowest BCUT2D eigenvalue weighted by atomic mass is 9.74. The first-order chi connectivity index (χ1) is 16.6. The average molecular weight is 503 g/mol. The number of benzene rings is 3. The molecule has 1 aliphatic rings. The van der Waals surface area contributed by atoms with Gasteiger partial charge in [-0.2, -0.15) is 0 Å². The number of hydrogen-bond donors (Lipinski definition) is 0. The molecule has 0 amide bonds. The average Bonchev–Trinajstić information content (AvgIpc) is 2.78. The highest BCUT2D eigenvalue weighted by atomic mass is 32.2. The van der Waals surface area contributed by atoms with Gasteiger partial charge in [0.2, 0.25) is 0 Å². The van der Waals surface area contributed by atoms with Crippen LogP contribution in [0.3, 0.4) is 0 Å². The molecule has 0 unspecified atom stereocenters. The van der Waals surface area contributed by atoms with E-state index in [1.165, 1.54) is 30.3 Å². The summed E-state index contributed by atoms with van der Waals surface area (Å²) in [5.74, 6) is -2.31. The second-order valence-corrected chi connectivity index (χ2v) is 11.1. The molecule has 0 radical (unpaired) electrons. The van der Waals surface area contributed by atoms with Gasteiger partial charge in [0.1, 0.15) is 23.0 Å². The summed E-state index contributed by atoms with van der Waals surface area (Å²) in [6.07, 6.45) is 1.81. The third kappa shape index (κ3) is 5.42. The summed E-state index contributed by atoms with van der Waals surface area (Å²) in [6, 6.07) is 13.7. The van der Waals surface area contributed by atoms with E-state index in [0.29, 0.717) is 24.0 Å². The van der Waals surface area contributed by atoms with Crippen LogP contribution in [-0.2, 0) is 33.1 Å². The molecule has 8 heteroatoms. The Kier molecular flexibility index (Phi) is 7.03. The summed E-state index contributed by atoms with van der Waals surface area (Å²) >= 11 is 0. The van der Waals surface area contributed by atoms with E-state index < -0.39 is 32.9 Å². The van der Waals surface area contributed by atoms with Crippen molar-refractivity contribution >= 4 is 15.6 Å². The predicted molar refractivity (Wildman–Crippen MR) is 125 cm³/mol. The summed E-state index contributed by atoms with van der Waals surface area (Å²) in [4.78, 5) is 12.7. The maximum atomic E-state index is 14.8. The Labute approximate surface area is 202 Å². The van der Waals surface area contributed by atoms with Crippen molar-refractivity contribution in [3.63, 3.8) is 0 Å². The number of sulfone groups is 1. The topological polar surface area (TPSA) is 60.4 Å². The van der Waals surface area contributed by atoms with E-state index in [-0.39, 0.29) is 40.6 Å². The lowest BCUT2D eigenvalue weighted by Gasteiger charge is -2.42. The molecule has 0 N–H and O–H groups in total. The Hall–Kier alpha value is -3.13. The zero-order valence-electron chi connectivity index (χ0n) is 19.2. The lowest BCUT2D eigenvalue weighted by molar-refractivity contribution is -0.117. The van der Waals surface area contributed by atoms with Crippen LogP contribution in [-0.4, -0.2) is 20.0 Å². The van der Waals surface area contributed by atoms with Gasteiger partial charge in [0, 0.05) is 24.5 Å². The van der Waals surface area contributed by atoms with E-state index in [4.69, 9.17) is 4.74 Å². The zero-order chi connectivity index (χ0) is 25.2. The number of Topliss-reactive ketones (excluding diaryl/α,β-unsaturated/α-hetero) is 1. The SMILES string of the molecule is CCS(=O)(=O)c1ccc(CC(=O)Cc2ccc(OC3(c4ccc(F)cc4F)CCC3)c(F)c2)cc1. The van der Waals surface area contributed by atoms with E-state index in [1.807, 2.05) is 0 Å². The zero-order valence-corrected chi connectivity index (χ0v) is 20.0. The van der Waals surface area contributed by atoms with Crippen molar-refractivity contribution in [2.75, 3.05) is 5.75 Å². The molecule has 1 saturated carbocycles. The van der Waals surface area contributed by atoms with Crippen LogP contribution in [0.5, 0.6) is 5.75 Å². The van der Waals surface area contributed by atoms with Gasteiger partial charge in [0.25, 0.3) is 0 Å². The van der Waals surface area contributed by atoms with Crippen molar-refractivity contribution in [3.8, 4) is 5.75 Å². The highest BCUT2D eigenvalue weighted by Gasteiger charge is 2.43. The molecule has 0 spiro atoms. The Morgan fingerprint density at radius 2 is 1.54 bits per heavy atom. The van der Waals surface area contributed by atoms with Gasteiger partial charge in [-0.15, -0.1) is 0 Å². The van der Waals surface area contributed by atoms with Crippen LogP contribution in [0.25, 0.3) is 0 Å². The molecule has 35 heavy (non-hydrogen) atoms. The number of ether oxygens (including phenoxy) is 1. The number of hydrogen-bond acceptors (Lipinski definition) is 4. The maximum Gasteiger partial charge on any atom is 0.178 e. The molecule has 184 valence electrons. The number of rotatable bonds is 9. The minimum absolute atomic E-state index is 0.00346. The van der Waals surface area contributed by atoms with E-state index in [9.17, 15) is 26.4 Å². The van der Waals surface area contributed by atoms with Gasteiger partial charge in [-0.25, -0.2) is 21.6 Å². The lowest BCUT2D eigenvalue weighted by Crippen LogP contribution is -2.41. The second-order valence-electron chi connectivity index (χ2n) is 8.78. The largest absolute Gasteiger partial charge is 0.479 e. The molecule has 3 aromatic carbocycles. The van der Waals surface area contributed by atoms with Gasteiger partial charge < -0.3 is 4.74 Å². The molecule has 0 bridgehead atoms. The molecular weight excluding hydrogens is 477 g/mol. The van der Waals surface area contributed by atoms with Crippen LogP contribution < -0.4 is 4.74 Å². The molecule has 0 heterocycles. The van der Waals surface area contributed by atoms with Crippen LogP contribution in [0.4, 0.5) is 13.2 Å². The summed E-state index contributed by atoms with van der Waals surface area (Å²) in [5, 5.41) is 0. The van der Waals surface area contributed by atoms with Crippen molar-refractivity contribution in [1.29, 1.82) is 0 Å². The third-order valence-corrected chi connectivity index (χ3v) is 8.10. The standard InChI is InChI=1S/C27H25F3O4S/c1-2-35(32,33)22-8-4-18(5-9-22)14-21(31)15-19-6-11-26(25(30)16-19)34-27(12-3-13-27)23-10-7-20(28)17-24(23)29/h4-11,16-17H,2-3,12-15H2,1H3. The molecule has 0 aromatic heterocycles. The molecule has 0 saturated heterocycles. The van der Waals surface area contributed by atoms with E-state index in [0.717, 1.165) is 18.6 Å². The number of carbonyl (C=O) groups excluding carboxylic acids is 1. The minimum atomic E-state index is -3.31. The third-order valence-electron chi connectivity index (χ3n) is 6.35. The van der Waals surface area contributed by atoms with Gasteiger partial charge in [-0.1, -0.05) is 25.1 Å². The van der Waals surface area contributed by atoms with Gasteiger partial charge >= 0.3 is 0 Å². The van der Waals surface area contributed by atoms with Crippen LogP contribution in [0.2, 0.25) is 0 Å². The molecule has 1 fully saturated rings. The summed E-state index contributed by atoms with van der Waals surface area (Å²) in [5.41, 5.74) is 0.272. The summed E-state index contributed by atoms with van der Waals surface area (Å²) < 4.78 is 72.3. The summed E-state index contributed by atoms with van der Waals surface area (Å²) in [7, 11) is -3.31. The van der Waals surface area contributed by atoms with Crippen LogP contribution in [0.1, 0.15) is 42.9 Å². The molecule has 4 rings (SSSR count). The van der Waals surface area contributed by atoms with Crippen molar-refractivity contribution < 1.29 is 31.1 Å².